The summed E-state index contributed by atoms with van der Waals surface area (Å²) < 4.78 is 11.3. The second-order valence-corrected chi connectivity index (χ2v) is 8.10. The summed E-state index contributed by atoms with van der Waals surface area (Å²) in [5.41, 5.74) is 3.04. The molecule has 1 fully saturated rings. The Bertz CT molecular complexity index is 851. The largest absolute Gasteiger partial charge is 0.488 e. The van der Waals surface area contributed by atoms with Crippen LogP contribution in [0.15, 0.2) is 22.7 Å². The predicted molar refractivity (Wildman–Crippen MR) is 107 cm³/mol. The summed E-state index contributed by atoms with van der Waals surface area (Å²) >= 11 is 0. The van der Waals surface area contributed by atoms with E-state index in [9.17, 15) is 4.79 Å². The summed E-state index contributed by atoms with van der Waals surface area (Å²) in [6, 6.07) is 7.18. The van der Waals surface area contributed by atoms with E-state index < -0.39 is 0 Å². The van der Waals surface area contributed by atoms with Gasteiger partial charge in [-0.3, -0.25) is 9.69 Å². The summed E-state index contributed by atoms with van der Waals surface area (Å²) in [7, 11) is 0. The molecule has 1 amide bonds. The average Bonchev–Trinajstić information content (AvgIpc) is 3.11. The molecular formula is C22H29N3O3. The first-order valence-corrected chi connectivity index (χ1v) is 10.3. The highest BCUT2D eigenvalue weighted by Gasteiger charge is 2.29. The van der Waals surface area contributed by atoms with Crippen LogP contribution in [-0.4, -0.2) is 41.1 Å². The number of fused-ring (bicyclic) bond motifs is 3. The van der Waals surface area contributed by atoms with E-state index in [0.717, 1.165) is 35.4 Å². The lowest BCUT2D eigenvalue weighted by atomic mass is 9.97. The highest BCUT2D eigenvalue weighted by Crippen LogP contribution is 2.39. The minimum Gasteiger partial charge on any atom is -0.488 e. The van der Waals surface area contributed by atoms with Gasteiger partial charge >= 0.3 is 0 Å². The number of rotatable bonds is 5. The molecule has 28 heavy (non-hydrogen) atoms. The summed E-state index contributed by atoms with van der Waals surface area (Å²) in [5, 5.41) is 7.04. The highest BCUT2D eigenvalue weighted by atomic mass is 16.5. The molecule has 1 aromatic heterocycles. The lowest BCUT2D eigenvalue weighted by Crippen LogP contribution is -2.44. The zero-order valence-electron chi connectivity index (χ0n) is 17.0. The maximum absolute atomic E-state index is 12.6. The van der Waals surface area contributed by atoms with Crippen molar-refractivity contribution in [1.82, 2.24) is 15.4 Å². The van der Waals surface area contributed by atoms with Crippen molar-refractivity contribution >= 4 is 5.91 Å². The standard InChI is InChI=1S/C22H29N3O3/c1-14-8-9-19-17(12-14)21-18(13-27-19)20(24-28-21)22(26)23-10-5-11-25-15(2)6-4-7-16(25)3/h8-9,12,15-16H,4-7,10-11,13H2,1-3H3,(H,23,26)/t15-,16-/m1/s1. The zero-order chi connectivity index (χ0) is 19.7. The number of piperidine rings is 1. The Morgan fingerprint density at radius 3 is 2.86 bits per heavy atom. The molecule has 0 saturated carbocycles. The second kappa shape index (κ2) is 7.95. The monoisotopic (exact) mass is 383 g/mol. The van der Waals surface area contributed by atoms with Crippen LogP contribution in [0.2, 0.25) is 0 Å². The molecule has 0 bridgehead atoms. The van der Waals surface area contributed by atoms with Crippen molar-refractivity contribution < 1.29 is 14.1 Å². The Hall–Kier alpha value is -2.34. The molecule has 6 heteroatoms. The number of aryl methyl sites for hydroxylation is 1. The Morgan fingerprint density at radius 1 is 1.29 bits per heavy atom. The normalized spacial score (nSPS) is 21.5. The minimum absolute atomic E-state index is 0.190. The first-order valence-electron chi connectivity index (χ1n) is 10.3. The second-order valence-electron chi connectivity index (χ2n) is 8.10. The number of aromatic nitrogens is 1. The van der Waals surface area contributed by atoms with Crippen molar-refractivity contribution in [2.45, 2.75) is 65.1 Å². The van der Waals surface area contributed by atoms with Crippen LogP contribution in [-0.2, 0) is 6.61 Å². The quantitative estimate of drug-likeness (QED) is 0.793. The SMILES string of the molecule is Cc1ccc2c(c1)-c1onc(C(=O)NCCCN3[C@H](C)CCC[C@H]3C)c1CO2. The van der Waals surface area contributed by atoms with Crippen LogP contribution in [0.25, 0.3) is 11.3 Å². The zero-order valence-corrected chi connectivity index (χ0v) is 17.0. The summed E-state index contributed by atoms with van der Waals surface area (Å²) in [4.78, 5) is 15.2. The maximum atomic E-state index is 12.6. The topological polar surface area (TPSA) is 67.6 Å². The third-order valence-corrected chi connectivity index (χ3v) is 6.01. The molecule has 0 aliphatic carbocycles. The van der Waals surface area contributed by atoms with Crippen molar-refractivity contribution in [3.05, 3.63) is 35.0 Å². The Kier molecular flexibility index (Phi) is 5.40. The highest BCUT2D eigenvalue weighted by molar-refractivity contribution is 5.95. The van der Waals surface area contributed by atoms with Gasteiger partial charge in [0.15, 0.2) is 11.5 Å². The molecule has 0 unspecified atom stereocenters. The molecule has 1 N–H and O–H groups in total. The first kappa shape index (κ1) is 19.0. The van der Waals surface area contributed by atoms with Crippen molar-refractivity contribution in [1.29, 1.82) is 0 Å². The van der Waals surface area contributed by atoms with Crippen LogP contribution in [0.5, 0.6) is 5.75 Å². The number of nitrogens with zero attached hydrogens (tertiary/aromatic N) is 2. The van der Waals surface area contributed by atoms with Crippen molar-refractivity contribution in [2.24, 2.45) is 0 Å². The van der Waals surface area contributed by atoms with Gasteiger partial charge in [0.1, 0.15) is 12.4 Å². The molecule has 2 atom stereocenters. The third-order valence-electron chi connectivity index (χ3n) is 6.01. The number of ether oxygens (including phenoxy) is 1. The molecule has 0 radical (unpaired) electrons. The van der Waals surface area contributed by atoms with Gasteiger partial charge in [-0.2, -0.15) is 0 Å². The number of benzene rings is 1. The number of amides is 1. The smallest absolute Gasteiger partial charge is 0.273 e. The lowest BCUT2D eigenvalue weighted by molar-refractivity contribution is 0.0916. The predicted octanol–water partition coefficient (Wildman–Crippen LogP) is 3.93. The molecule has 1 saturated heterocycles. The van der Waals surface area contributed by atoms with Crippen molar-refractivity contribution in [3.63, 3.8) is 0 Å². The summed E-state index contributed by atoms with van der Waals surface area (Å²) in [6.45, 7) is 8.57. The Balaban J connectivity index is 1.36. The molecule has 2 aliphatic heterocycles. The van der Waals surface area contributed by atoms with E-state index in [1.165, 1.54) is 19.3 Å². The van der Waals surface area contributed by atoms with Gasteiger partial charge in [-0.1, -0.05) is 23.2 Å². The fourth-order valence-corrected chi connectivity index (χ4v) is 4.39. The Labute approximate surface area is 166 Å². The van der Waals surface area contributed by atoms with E-state index in [1.54, 1.807) is 0 Å². The van der Waals surface area contributed by atoms with Gasteiger partial charge in [-0.05, 0) is 52.2 Å². The van der Waals surface area contributed by atoms with Crippen LogP contribution in [0.1, 0.15) is 61.1 Å². The van der Waals surface area contributed by atoms with Gasteiger partial charge in [-0.25, -0.2) is 0 Å². The lowest BCUT2D eigenvalue weighted by Gasteiger charge is -2.39. The van der Waals surface area contributed by atoms with Crippen LogP contribution in [0.3, 0.4) is 0 Å². The molecule has 6 nitrogen and oxygen atoms in total. The van der Waals surface area contributed by atoms with E-state index in [1.807, 2.05) is 25.1 Å². The molecule has 2 aliphatic rings. The van der Waals surface area contributed by atoms with Gasteiger partial charge in [0.05, 0.1) is 11.1 Å². The molecule has 4 rings (SSSR count). The number of carbonyl (C=O) groups excluding carboxylic acids is 1. The summed E-state index contributed by atoms with van der Waals surface area (Å²) in [6.07, 6.45) is 4.78. The van der Waals surface area contributed by atoms with E-state index in [2.05, 4.69) is 29.2 Å². The van der Waals surface area contributed by atoms with Crippen LogP contribution in [0.4, 0.5) is 0 Å². The first-order chi connectivity index (χ1) is 13.5. The number of nitrogens with one attached hydrogen (secondary N) is 1. The Morgan fingerprint density at radius 2 is 2.07 bits per heavy atom. The number of hydrogen-bond donors (Lipinski definition) is 1. The minimum atomic E-state index is -0.190. The van der Waals surface area contributed by atoms with Gasteiger partial charge in [0.2, 0.25) is 0 Å². The fraction of sp³-hybridized carbons (Fsp3) is 0.545. The van der Waals surface area contributed by atoms with Gasteiger partial charge in [-0.15, -0.1) is 0 Å². The number of carbonyl (C=O) groups is 1. The van der Waals surface area contributed by atoms with E-state index in [4.69, 9.17) is 9.26 Å². The molecule has 0 spiro atoms. The molecule has 3 heterocycles. The summed E-state index contributed by atoms with van der Waals surface area (Å²) in [5.74, 6) is 1.22. The van der Waals surface area contributed by atoms with Crippen LogP contribution < -0.4 is 10.1 Å². The number of hydrogen-bond acceptors (Lipinski definition) is 5. The molecule has 2 aromatic rings. The fourth-order valence-electron chi connectivity index (χ4n) is 4.39. The van der Waals surface area contributed by atoms with E-state index >= 15 is 0 Å². The van der Waals surface area contributed by atoms with Gasteiger partial charge in [0, 0.05) is 25.2 Å². The van der Waals surface area contributed by atoms with Gasteiger partial charge < -0.3 is 14.6 Å². The maximum Gasteiger partial charge on any atom is 0.273 e. The van der Waals surface area contributed by atoms with Crippen LogP contribution >= 0.6 is 0 Å². The van der Waals surface area contributed by atoms with Gasteiger partial charge in [0.25, 0.3) is 5.91 Å². The van der Waals surface area contributed by atoms with Crippen molar-refractivity contribution in [3.8, 4) is 17.1 Å². The third kappa shape index (κ3) is 3.65. The number of likely N-dealkylation sites (tertiary alicyclic amines) is 1. The van der Waals surface area contributed by atoms with Crippen molar-refractivity contribution in [2.75, 3.05) is 13.1 Å². The van der Waals surface area contributed by atoms with Crippen LogP contribution in [0, 0.1) is 6.92 Å². The van der Waals surface area contributed by atoms with E-state index in [-0.39, 0.29) is 5.91 Å². The molecular weight excluding hydrogens is 354 g/mol. The average molecular weight is 383 g/mol. The molecule has 1 aromatic carbocycles. The van der Waals surface area contributed by atoms with E-state index in [0.29, 0.717) is 36.7 Å². The molecule has 150 valence electrons.